The summed E-state index contributed by atoms with van der Waals surface area (Å²) in [5, 5.41) is 2.94. The van der Waals surface area contributed by atoms with Crippen molar-refractivity contribution >= 4 is 5.91 Å². The molecule has 0 unspecified atom stereocenters. The van der Waals surface area contributed by atoms with Crippen LogP contribution in [0.5, 0.6) is 0 Å². The van der Waals surface area contributed by atoms with Gasteiger partial charge in [-0.25, -0.2) is 0 Å². The Morgan fingerprint density at radius 3 is 2.54 bits per heavy atom. The highest BCUT2D eigenvalue weighted by atomic mass is 16.1. The molecule has 0 aliphatic heterocycles. The minimum Gasteiger partial charge on any atom is -0.352 e. The molecule has 1 heterocycles. The van der Waals surface area contributed by atoms with Crippen LogP contribution in [0.4, 0.5) is 0 Å². The highest BCUT2D eigenvalue weighted by Gasteiger charge is 2.06. The summed E-state index contributed by atoms with van der Waals surface area (Å²) in [6, 6.07) is 22.0. The van der Waals surface area contributed by atoms with Crippen LogP contribution in [0.3, 0.4) is 0 Å². The van der Waals surface area contributed by atoms with E-state index in [1.54, 1.807) is 6.20 Å². The molecule has 3 heteroatoms. The third-order valence-corrected chi connectivity index (χ3v) is 3.88. The Kier molecular flexibility index (Phi) is 5.02. The molecule has 120 valence electrons. The first-order valence-corrected chi connectivity index (χ1v) is 8.07. The minimum absolute atomic E-state index is 0.0887. The first kappa shape index (κ1) is 15.9. The Labute approximate surface area is 142 Å². The number of nitrogens with zero attached hydrogens (tertiary/aromatic N) is 1. The number of benzene rings is 2. The summed E-state index contributed by atoms with van der Waals surface area (Å²) in [6.45, 7) is 2.67. The third-order valence-electron chi connectivity index (χ3n) is 3.88. The van der Waals surface area contributed by atoms with Gasteiger partial charge in [0.05, 0.1) is 11.3 Å². The Morgan fingerprint density at radius 2 is 1.83 bits per heavy atom. The number of rotatable bonds is 5. The number of hydrogen-bond donors (Lipinski definition) is 1. The van der Waals surface area contributed by atoms with Gasteiger partial charge in [-0.2, -0.15) is 0 Å². The molecule has 2 aromatic carbocycles. The van der Waals surface area contributed by atoms with Crippen LogP contribution in [0.15, 0.2) is 72.9 Å². The predicted octanol–water partition coefficient (Wildman–Crippen LogP) is 4.03. The van der Waals surface area contributed by atoms with Crippen molar-refractivity contribution in [2.24, 2.45) is 0 Å². The van der Waals surface area contributed by atoms with E-state index >= 15 is 0 Å². The highest BCUT2D eigenvalue weighted by molar-refractivity contribution is 5.94. The van der Waals surface area contributed by atoms with Crippen LogP contribution in [0, 0.1) is 6.92 Å². The monoisotopic (exact) mass is 316 g/mol. The van der Waals surface area contributed by atoms with Crippen molar-refractivity contribution in [2.45, 2.75) is 13.3 Å². The lowest BCUT2D eigenvalue weighted by Crippen LogP contribution is -2.25. The molecule has 0 aliphatic rings. The fourth-order valence-electron chi connectivity index (χ4n) is 2.57. The van der Waals surface area contributed by atoms with Gasteiger partial charge in [0.1, 0.15) is 0 Å². The van der Waals surface area contributed by atoms with E-state index in [-0.39, 0.29) is 5.91 Å². The predicted molar refractivity (Wildman–Crippen MR) is 96.9 cm³/mol. The van der Waals surface area contributed by atoms with Gasteiger partial charge in [-0.3, -0.25) is 9.78 Å². The Morgan fingerprint density at radius 1 is 1.00 bits per heavy atom. The number of nitrogens with one attached hydrogen (secondary N) is 1. The van der Waals surface area contributed by atoms with Gasteiger partial charge in [0.15, 0.2) is 0 Å². The molecule has 0 saturated carbocycles. The van der Waals surface area contributed by atoms with E-state index < -0.39 is 0 Å². The van der Waals surface area contributed by atoms with Crippen LogP contribution in [0.2, 0.25) is 0 Å². The van der Waals surface area contributed by atoms with E-state index in [9.17, 15) is 4.79 Å². The second-order valence-electron chi connectivity index (χ2n) is 5.79. The lowest BCUT2D eigenvalue weighted by atomic mass is 10.1. The van der Waals surface area contributed by atoms with Crippen molar-refractivity contribution < 1.29 is 4.79 Å². The summed E-state index contributed by atoms with van der Waals surface area (Å²) in [5.74, 6) is -0.0887. The number of aromatic nitrogens is 1. The van der Waals surface area contributed by atoms with Crippen molar-refractivity contribution in [3.8, 4) is 11.3 Å². The van der Waals surface area contributed by atoms with Crippen LogP contribution < -0.4 is 5.32 Å². The normalized spacial score (nSPS) is 10.4. The van der Waals surface area contributed by atoms with Gasteiger partial charge in [0.2, 0.25) is 0 Å². The van der Waals surface area contributed by atoms with Crippen molar-refractivity contribution in [1.82, 2.24) is 10.3 Å². The van der Waals surface area contributed by atoms with Crippen molar-refractivity contribution in [3.05, 3.63) is 89.6 Å². The molecule has 0 spiro atoms. The van der Waals surface area contributed by atoms with Crippen molar-refractivity contribution in [2.75, 3.05) is 6.54 Å². The molecule has 1 amide bonds. The molecule has 1 aromatic heterocycles. The summed E-state index contributed by atoms with van der Waals surface area (Å²) in [6.07, 6.45) is 2.46. The van der Waals surface area contributed by atoms with Crippen molar-refractivity contribution in [3.63, 3.8) is 0 Å². The molecular formula is C21H20N2O. The van der Waals surface area contributed by atoms with E-state index in [0.29, 0.717) is 12.1 Å². The molecule has 3 rings (SSSR count). The number of amides is 1. The second kappa shape index (κ2) is 7.55. The zero-order valence-electron chi connectivity index (χ0n) is 13.7. The number of carbonyl (C=O) groups is 1. The first-order valence-electron chi connectivity index (χ1n) is 8.07. The van der Waals surface area contributed by atoms with Gasteiger partial charge in [-0.05, 0) is 37.1 Å². The van der Waals surface area contributed by atoms with E-state index in [1.807, 2.05) is 42.5 Å². The van der Waals surface area contributed by atoms with Crippen LogP contribution in [0.1, 0.15) is 21.5 Å². The summed E-state index contributed by atoms with van der Waals surface area (Å²) in [5.41, 5.74) is 4.92. The topological polar surface area (TPSA) is 42.0 Å². The van der Waals surface area contributed by atoms with E-state index in [1.165, 1.54) is 11.1 Å². The molecule has 0 radical (unpaired) electrons. The van der Waals surface area contributed by atoms with Crippen LogP contribution in [0.25, 0.3) is 11.3 Å². The number of hydrogen-bond acceptors (Lipinski definition) is 2. The minimum atomic E-state index is -0.0887. The largest absolute Gasteiger partial charge is 0.352 e. The van der Waals surface area contributed by atoms with E-state index in [4.69, 9.17) is 0 Å². The molecular weight excluding hydrogens is 296 g/mol. The number of pyridine rings is 1. The van der Waals surface area contributed by atoms with Gasteiger partial charge >= 0.3 is 0 Å². The highest BCUT2D eigenvalue weighted by Crippen LogP contribution is 2.18. The van der Waals surface area contributed by atoms with Gasteiger partial charge in [-0.15, -0.1) is 0 Å². The van der Waals surface area contributed by atoms with Gasteiger partial charge < -0.3 is 5.32 Å². The van der Waals surface area contributed by atoms with Crippen LogP contribution >= 0.6 is 0 Å². The lowest BCUT2D eigenvalue weighted by Gasteiger charge is -2.06. The average Bonchev–Trinajstić information content (AvgIpc) is 2.63. The molecule has 3 nitrogen and oxygen atoms in total. The molecule has 0 bridgehead atoms. The number of aryl methyl sites for hydroxylation is 1. The van der Waals surface area contributed by atoms with E-state index in [2.05, 4.69) is 41.5 Å². The maximum absolute atomic E-state index is 12.2. The Bertz CT molecular complexity index is 811. The van der Waals surface area contributed by atoms with Crippen LogP contribution in [-0.2, 0) is 6.42 Å². The van der Waals surface area contributed by atoms with Crippen LogP contribution in [-0.4, -0.2) is 17.4 Å². The molecule has 0 fully saturated rings. The van der Waals surface area contributed by atoms with E-state index in [0.717, 1.165) is 17.7 Å². The molecule has 0 saturated heterocycles. The Balaban J connectivity index is 1.59. The molecule has 24 heavy (non-hydrogen) atoms. The number of carbonyl (C=O) groups excluding carboxylic acids is 1. The standard InChI is InChI=1S/C21H20N2O/c1-16-6-5-9-18(14-16)20-11-10-19(15-23-20)21(24)22-13-12-17-7-3-2-4-8-17/h2-11,14-15H,12-13H2,1H3,(H,22,24). The summed E-state index contributed by atoms with van der Waals surface area (Å²) in [4.78, 5) is 16.6. The van der Waals surface area contributed by atoms with Crippen molar-refractivity contribution in [1.29, 1.82) is 0 Å². The molecule has 0 atom stereocenters. The fraction of sp³-hybridized carbons (Fsp3) is 0.143. The lowest BCUT2D eigenvalue weighted by molar-refractivity contribution is 0.0954. The first-order chi connectivity index (χ1) is 11.7. The summed E-state index contributed by atoms with van der Waals surface area (Å²) >= 11 is 0. The fourth-order valence-corrected chi connectivity index (χ4v) is 2.57. The molecule has 3 aromatic rings. The summed E-state index contributed by atoms with van der Waals surface area (Å²) < 4.78 is 0. The van der Waals surface area contributed by atoms with Gasteiger partial charge in [0.25, 0.3) is 5.91 Å². The van der Waals surface area contributed by atoms with Gasteiger partial charge in [0, 0.05) is 18.3 Å². The zero-order chi connectivity index (χ0) is 16.8. The SMILES string of the molecule is Cc1cccc(-c2ccc(C(=O)NCCc3ccccc3)cn2)c1. The quantitative estimate of drug-likeness (QED) is 0.772. The summed E-state index contributed by atoms with van der Waals surface area (Å²) in [7, 11) is 0. The third kappa shape index (κ3) is 4.07. The second-order valence-corrected chi connectivity index (χ2v) is 5.79. The average molecular weight is 316 g/mol. The Hall–Kier alpha value is -2.94. The smallest absolute Gasteiger partial charge is 0.252 e. The molecule has 1 N–H and O–H groups in total. The zero-order valence-corrected chi connectivity index (χ0v) is 13.7. The molecule has 0 aliphatic carbocycles. The van der Waals surface area contributed by atoms with Gasteiger partial charge in [-0.1, -0.05) is 54.1 Å². The maximum atomic E-state index is 12.2. The maximum Gasteiger partial charge on any atom is 0.252 e.